The lowest BCUT2D eigenvalue weighted by atomic mass is 9.98. The largest absolute Gasteiger partial charge is 0.461 e. The van der Waals surface area contributed by atoms with E-state index in [4.69, 9.17) is 4.42 Å². The van der Waals surface area contributed by atoms with E-state index < -0.39 is 0 Å². The van der Waals surface area contributed by atoms with Crippen molar-refractivity contribution in [2.75, 3.05) is 5.75 Å². The van der Waals surface area contributed by atoms with Gasteiger partial charge in [-0.1, -0.05) is 30.0 Å². The van der Waals surface area contributed by atoms with Crippen LogP contribution in [0.2, 0.25) is 0 Å². The summed E-state index contributed by atoms with van der Waals surface area (Å²) >= 11 is 1.42. The van der Waals surface area contributed by atoms with Crippen LogP contribution in [0.4, 0.5) is 0 Å². The number of nitrogens with zero attached hydrogens (tertiary/aromatic N) is 4. The predicted molar refractivity (Wildman–Crippen MR) is 109 cm³/mol. The zero-order valence-corrected chi connectivity index (χ0v) is 16.9. The molecule has 7 heteroatoms. The van der Waals surface area contributed by atoms with E-state index in [-0.39, 0.29) is 5.91 Å². The Hall–Kier alpha value is -2.54. The molecule has 0 aliphatic carbocycles. The summed E-state index contributed by atoms with van der Waals surface area (Å²) in [6.45, 7) is 4.28. The summed E-state index contributed by atoms with van der Waals surface area (Å²) in [5.41, 5.74) is 0.938. The van der Waals surface area contributed by atoms with Crippen LogP contribution in [0.3, 0.4) is 0 Å². The molecule has 0 spiro atoms. The number of likely N-dealkylation sites (tertiary alicyclic amines) is 1. The molecule has 1 fully saturated rings. The van der Waals surface area contributed by atoms with Crippen LogP contribution in [-0.4, -0.2) is 43.4 Å². The molecule has 4 rings (SSSR count). The number of para-hydroxylation sites is 1. The first kappa shape index (κ1) is 18.8. The monoisotopic (exact) mass is 396 g/mol. The van der Waals surface area contributed by atoms with E-state index in [0.717, 1.165) is 18.5 Å². The smallest absolute Gasteiger partial charge is 0.233 e. The van der Waals surface area contributed by atoms with E-state index in [2.05, 4.69) is 24.0 Å². The third-order valence-electron chi connectivity index (χ3n) is 5.20. The third-order valence-corrected chi connectivity index (χ3v) is 6.11. The van der Waals surface area contributed by atoms with Crippen LogP contribution in [-0.2, 0) is 4.79 Å². The van der Waals surface area contributed by atoms with Gasteiger partial charge in [-0.2, -0.15) is 0 Å². The highest BCUT2D eigenvalue weighted by Gasteiger charge is 2.29. The average Bonchev–Trinajstić information content (AvgIpc) is 3.36. The number of carbonyl (C=O) groups is 1. The molecule has 6 nitrogen and oxygen atoms in total. The molecule has 0 saturated carbocycles. The van der Waals surface area contributed by atoms with Crippen LogP contribution >= 0.6 is 11.8 Å². The SMILES string of the molecule is CC1CCCC(C)N1C(=O)CSc1nnc(-c2ccco2)n1-c1ccccc1. The Kier molecular flexibility index (Phi) is 5.52. The van der Waals surface area contributed by atoms with Crippen molar-refractivity contribution in [3.8, 4) is 17.3 Å². The summed E-state index contributed by atoms with van der Waals surface area (Å²) in [7, 11) is 0. The second-order valence-electron chi connectivity index (χ2n) is 7.17. The Balaban J connectivity index is 1.59. The minimum atomic E-state index is 0.159. The molecule has 1 saturated heterocycles. The second-order valence-corrected chi connectivity index (χ2v) is 8.12. The molecule has 1 aromatic carbocycles. The quantitative estimate of drug-likeness (QED) is 0.598. The second kappa shape index (κ2) is 8.22. The van der Waals surface area contributed by atoms with Crippen molar-refractivity contribution in [3.63, 3.8) is 0 Å². The van der Waals surface area contributed by atoms with E-state index in [9.17, 15) is 4.79 Å². The highest BCUT2D eigenvalue weighted by molar-refractivity contribution is 7.99. The molecule has 1 aliphatic rings. The maximum atomic E-state index is 12.9. The van der Waals surface area contributed by atoms with Gasteiger partial charge in [0.05, 0.1) is 12.0 Å². The van der Waals surface area contributed by atoms with Crippen LogP contribution in [0.1, 0.15) is 33.1 Å². The van der Waals surface area contributed by atoms with Gasteiger partial charge in [0.25, 0.3) is 0 Å². The molecule has 3 aromatic rings. The maximum Gasteiger partial charge on any atom is 0.233 e. The molecule has 0 bridgehead atoms. The number of furan rings is 1. The Labute approximate surface area is 168 Å². The summed E-state index contributed by atoms with van der Waals surface area (Å²) in [6.07, 6.45) is 4.95. The van der Waals surface area contributed by atoms with Crippen molar-refractivity contribution in [1.82, 2.24) is 19.7 Å². The summed E-state index contributed by atoms with van der Waals surface area (Å²) in [5, 5.41) is 9.36. The van der Waals surface area contributed by atoms with Gasteiger partial charge in [-0.25, -0.2) is 0 Å². The summed E-state index contributed by atoms with van der Waals surface area (Å²) in [6, 6.07) is 14.2. The standard InChI is InChI=1S/C21H24N4O2S/c1-15-8-6-9-16(2)24(15)19(26)14-28-21-23-22-20(18-12-7-13-27-18)25(21)17-10-4-3-5-11-17/h3-5,7,10-13,15-16H,6,8-9,14H2,1-2H3. The van der Waals surface area contributed by atoms with Crippen LogP contribution in [0, 0.1) is 0 Å². The van der Waals surface area contributed by atoms with Gasteiger partial charge in [-0.05, 0) is 57.4 Å². The zero-order chi connectivity index (χ0) is 19.5. The van der Waals surface area contributed by atoms with Crippen LogP contribution in [0.15, 0.2) is 58.3 Å². The summed E-state index contributed by atoms with van der Waals surface area (Å²) in [4.78, 5) is 14.9. The first-order valence-electron chi connectivity index (χ1n) is 9.64. The van der Waals surface area contributed by atoms with Gasteiger partial charge in [0, 0.05) is 17.8 Å². The highest BCUT2D eigenvalue weighted by atomic mass is 32.2. The Morgan fingerprint density at radius 1 is 1.11 bits per heavy atom. The number of aromatic nitrogens is 3. The number of rotatable bonds is 5. The van der Waals surface area contributed by atoms with Crippen molar-refractivity contribution in [1.29, 1.82) is 0 Å². The minimum Gasteiger partial charge on any atom is -0.461 e. The first-order chi connectivity index (χ1) is 13.6. The lowest BCUT2D eigenvalue weighted by molar-refractivity contribution is -0.134. The molecule has 2 atom stereocenters. The number of hydrogen-bond donors (Lipinski definition) is 0. The van der Waals surface area contributed by atoms with Crippen molar-refractivity contribution in [2.24, 2.45) is 0 Å². The Morgan fingerprint density at radius 3 is 2.54 bits per heavy atom. The van der Waals surface area contributed by atoms with E-state index in [1.807, 2.05) is 51.9 Å². The molecule has 2 aromatic heterocycles. The predicted octanol–water partition coefficient (Wildman–Crippen LogP) is 4.41. The topological polar surface area (TPSA) is 64.2 Å². The van der Waals surface area contributed by atoms with Gasteiger partial charge >= 0.3 is 0 Å². The Morgan fingerprint density at radius 2 is 1.86 bits per heavy atom. The van der Waals surface area contributed by atoms with Gasteiger partial charge < -0.3 is 9.32 Å². The van der Waals surface area contributed by atoms with Gasteiger partial charge in [0.15, 0.2) is 10.9 Å². The lowest BCUT2D eigenvalue weighted by Gasteiger charge is -2.39. The van der Waals surface area contributed by atoms with Gasteiger partial charge in [-0.3, -0.25) is 9.36 Å². The fourth-order valence-electron chi connectivity index (χ4n) is 3.85. The molecule has 1 aliphatic heterocycles. The van der Waals surface area contributed by atoms with Crippen LogP contribution < -0.4 is 0 Å². The zero-order valence-electron chi connectivity index (χ0n) is 16.1. The van der Waals surface area contributed by atoms with Crippen molar-refractivity contribution in [3.05, 3.63) is 48.7 Å². The first-order valence-corrected chi connectivity index (χ1v) is 10.6. The van der Waals surface area contributed by atoms with Crippen molar-refractivity contribution in [2.45, 2.75) is 50.4 Å². The molecular weight excluding hydrogens is 372 g/mol. The number of piperidine rings is 1. The maximum absolute atomic E-state index is 12.9. The number of carbonyl (C=O) groups excluding carboxylic acids is 1. The molecule has 3 heterocycles. The minimum absolute atomic E-state index is 0.159. The average molecular weight is 397 g/mol. The molecule has 0 radical (unpaired) electrons. The molecule has 1 amide bonds. The molecule has 2 unspecified atom stereocenters. The fraction of sp³-hybridized carbons (Fsp3) is 0.381. The lowest BCUT2D eigenvalue weighted by Crippen LogP contribution is -2.48. The van der Waals surface area contributed by atoms with Gasteiger partial charge in [-0.15, -0.1) is 10.2 Å². The number of amides is 1. The number of thioether (sulfide) groups is 1. The highest BCUT2D eigenvalue weighted by Crippen LogP contribution is 2.29. The molecular formula is C21H24N4O2S. The third kappa shape index (κ3) is 3.71. The molecule has 146 valence electrons. The van der Waals surface area contributed by atoms with E-state index >= 15 is 0 Å². The van der Waals surface area contributed by atoms with Crippen LogP contribution in [0.5, 0.6) is 0 Å². The van der Waals surface area contributed by atoms with E-state index in [1.54, 1.807) is 6.26 Å². The number of hydrogen-bond acceptors (Lipinski definition) is 5. The van der Waals surface area contributed by atoms with E-state index in [0.29, 0.717) is 34.6 Å². The van der Waals surface area contributed by atoms with Gasteiger partial charge in [0.2, 0.25) is 11.7 Å². The summed E-state index contributed by atoms with van der Waals surface area (Å²) < 4.78 is 7.48. The fourth-order valence-corrected chi connectivity index (χ4v) is 4.67. The van der Waals surface area contributed by atoms with Crippen LogP contribution in [0.25, 0.3) is 17.3 Å². The Bertz CT molecular complexity index is 913. The van der Waals surface area contributed by atoms with E-state index in [1.165, 1.54) is 18.2 Å². The van der Waals surface area contributed by atoms with Crippen molar-refractivity contribution >= 4 is 17.7 Å². The number of benzene rings is 1. The molecule has 0 N–H and O–H groups in total. The normalized spacial score (nSPS) is 19.7. The molecule has 28 heavy (non-hydrogen) atoms. The summed E-state index contributed by atoms with van der Waals surface area (Å²) in [5.74, 6) is 1.78. The van der Waals surface area contributed by atoms with Gasteiger partial charge in [0.1, 0.15) is 0 Å². The van der Waals surface area contributed by atoms with Crippen molar-refractivity contribution < 1.29 is 9.21 Å².